The number of rotatable bonds is 44. The number of fused-ring (bicyclic) bond motifs is 4. The number of unbranched alkanes of at least 4 members (excludes halogenated alkanes) is 3. The molecule has 0 spiro atoms. The van der Waals surface area contributed by atoms with E-state index in [1.807, 2.05) is 40.7 Å². The number of hydrogen-bond acceptors (Lipinski definition) is 40. The number of imidazole rings is 4. The van der Waals surface area contributed by atoms with Crippen molar-refractivity contribution in [3.63, 3.8) is 0 Å². The summed E-state index contributed by atoms with van der Waals surface area (Å²) in [4.78, 5) is 133. The minimum Gasteiger partial charge on any atom is -0.468 e. The second kappa shape index (κ2) is 63.2. The van der Waals surface area contributed by atoms with Gasteiger partial charge in [0, 0.05) is 26.2 Å². The molecule has 133 heavy (non-hydrogen) atoms. The Hall–Kier alpha value is -10.1. The molecule has 0 aliphatic heterocycles. The number of benzene rings is 2. The second-order valence-corrected chi connectivity index (χ2v) is 35.9. The van der Waals surface area contributed by atoms with E-state index in [-0.39, 0.29) is 125 Å². The second-order valence-electron chi connectivity index (χ2n) is 28.3. The highest BCUT2D eigenvalue weighted by molar-refractivity contribution is 7.59. The lowest BCUT2D eigenvalue weighted by Crippen LogP contribution is -2.43. The number of carbonyl (C=O) groups excluding carboxylic acids is 5. The van der Waals surface area contributed by atoms with Gasteiger partial charge in [-0.25, -0.2) is 69.7 Å². The van der Waals surface area contributed by atoms with Crippen molar-refractivity contribution in [2.75, 3.05) is 115 Å². The molecule has 50 nitrogen and oxygen atoms in total. The summed E-state index contributed by atoms with van der Waals surface area (Å²) in [6.07, 6.45) is 13.8. The topological polar surface area (TPSA) is 734 Å². The Bertz CT molecular complexity index is 5250. The fraction of sp³-hybridized carbons (Fsp3) is 0.513. The molecule has 10 rings (SSSR count). The number of nitrogens with one attached hydrogen (secondary N) is 3. The number of aromatic nitrogens is 16. The third kappa shape index (κ3) is 45.6. The lowest BCUT2D eigenvalue weighted by atomic mass is 10.3. The van der Waals surface area contributed by atoms with Crippen LogP contribution in [0.4, 0.5) is 29.2 Å². The summed E-state index contributed by atoms with van der Waals surface area (Å²) in [5.41, 5.74) is 48.0. The molecule has 8 heterocycles. The number of methoxy groups -OCH3 is 2. The van der Waals surface area contributed by atoms with Gasteiger partial charge in [0.1, 0.15) is 102 Å². The number of carbonyl (C=O) groups is 5. The molecule has 7 atom stereocenters. The zero-order chi connectivity index (χ0) is 96.6. The van der Waals surface area contributed by atoms with Gasteiger partial charge < -0.3 is 130 Å². The fourth-order valence-electron chi connectivity index (χ4n) is 10.0. The van der Waals surface area contributed by atoms with Gasteiger partial charge in [0.2, 0.25) is 13.4 Å². The zero-order valence-corrected chi connectivity index (χ0v) is 81.9. The Balaban J connectivity index is 0.000000832. The molecule has 0 amide bonds. The van der Waals surface area contributed by atoms with E-state index in [1.165, 1.54) is 52.8 Å². The Morgan fingerprint density at radius 2 is 0.729 bits per heavy atom. The van der Waals surface area contributed by atoms with E-state index in [2.05, 4.69) is 84.5 Å². The molecule has 0 fully saturated rings. The Kier molecular flexibility index (Phi) is 57.4. The van der Waals surface area contributed by atoms with Crippen LogP contribution in [0.15, 0.2) is 105 Å². The van der Waals surface area contributed by atoms with Crippen molar-refractivity contribution in [3.8, 4) is 11.5 Å². The monoisotopic (exact) mass is 2010 g/mol. The van der Waals surface area contributed by atoms with Crippen molar-refractivity contribution in [3.05, 3.63) is 105 Å². The van der Waals surface area contributed by atoms with Gasteiger partial charge in [0.15, 0.2) is 52.2 Å². The lowest BCUT2D eigenvalue weighted by Gasteiger charge is -2.26. The summed E-state index contributed by atoms with van der Waals surface area (Å²) in [5, 5.41) is 8.27. The van der Waals surface area contributed by atoms with Crippen molar-refractivity contribution in [1.29, 1.82) is 0 Å². The first-order valence-electron chi connectivity index (χ1n) is 40.7. The Morgan fingerprint density at radius 1 is 0.398 bits per heavy atom. The van der Waals surface area contributed by atoms with Gasteiger partial charge in [-0.05, 0) is 84.2 Å². The SMILES string of the molecule is CC(C)N.CCCCOC(=O)[C@H](C)N.CCCCOC(=O)[C@H](C)NP(=O)(COCCn1cnc2c(N)ncnc21)N[C@@H](C)C(=O)OCCCC.COC(=O)[C@H](C)N.COC(=O)[C@H](C)NP(=O)(COCCn1cnc2c(N)ncnc21)Oc1ccccc1.Cl.Cl.Cl.Nc1nc(N)c2ncn(CCOCP(=O)(O)Oc3ccccc3)c2n1.Nc1ncnc2c1ncn2CCOCP(=O)(O)O. The molecule has 2 aromatic carbocycles. The largest absolute Gasteiger partial charge is 0.468 e. The highest BCUT2D eigenvalue weighted by atomic mass is 35.5. The van der Waals surface area contributed by atoms with Crippen molar-refractivity contribution in [2.45, 2.75) is 170 Å². The van der Waals surface area contributed by atoms with Gasteiger partial charge in [-0.2, -0.15) is 9.97 Å². The lowest BCUT2D eigenvalue weighted by molar-refractivity contribution is -0.146. The van der Waals surface area contributed by atoms with Crippen LogP contribution in [0.1, 0.15) is 108 Å². The van der Waals surface area contributed by atoms with Crippen molar-refractivity contribution >= 4 is 171 Å². The van der Waals surface area contributed by atoms with Gasteiger partial charge in [0.25, 0.3) is 0 Å². The molecule has 0 aliphatic carbocycles. The van der Waals surface area contributed by atoms with E-state index >= 15 is 0 Å². The van der Waals surface area contributed by atoms with Gasteiger partial charge in [-0.1, -0.05) is 90.3 Å². The maximum Gasteiger partial charge on any atom is 0.402 e. The van der Waals surface area contributed by atoms with Gasteiger partial charge in [-0.15, -0.1) is 37.2 Å². The summed E-state index contributed by atoms with van der Waals surface area (Å²) >= 11 is 0. The summed E-state index contributed by atoms with van der Waals surface area (Å²) in [7, 11) is -12.6. The number of halogens is 3. The van der Waals surface area contributed by atoms with Crippen molar-refractivity contribution < 1.29 is 109 Å². The standard InChI is InChI=1S/C22H38N7O6P.C18H23N6O5P.C14H17N6O4P.C8H12N5O4P.C7H15NO2.C4H9NO2.C3H9N.3ClH/c1-5-7-10-34-21(30)16(3)27-36(32,28-17(4)22(31)35-11-8-6-2)15-33-12-9-29-14-26-18-19(23)24-13-25-20(18)29;1-13(18(25)27-2)23-30(26,29-14-6-4-3-5-7-14)12-28-9-8-24-11-22-15-16(19)20-10-21-17(15)24;15-12-11-13(19-14(16)18-12)20(8-17-11)6-7-23-9-25(21,22)24-10-4-2-1-3-5-10;9-7-6-8(11-3-10-7)13(4-12-6)1-2-17-5-18(14,15)16;1-3-4-5-10-7(9)6(2)8;1-3(5)4(6)7-2;1-3(2)4;;;/h13-14,16-17H,5-12,15H2,1-4H3,(H2,23,24,25)(H2,27,28,32);3-7,10-11,13H,8-9,12H2,1-2H3,(H,23,26)(H2,19,20,21);1-5,8H,6-7,9H2,(H,21,22)(H4,15,16,18,19);3-4H,1-2,5H2,(H2,9,10,11)(H2,14,15,16);6H,3-5,8H2,1-2H3;3H,5H2,1-2H3;3H,4H2,1-2H3;3*1H/t16-,17-;13-,30?;;;6-;3-;;;;/m00..00..../s1. The minimum atomic E-state index is -4.12. The van der Waals surface area contributed by atoms with Crippen LogP contribution in [-0.2, 0) is 111 Å². The van der Waals surface area contributed by atoms with Crippen LogP contribution in [0.3, 0.4) is 0 Å². The summed E-state index contributed by atoms with van der Waals surface area (Å²) in [6, 6.07) is 13.8. The zero-order valence-electron chi connectivity index (χ0n) is 75.9. The molecule has 8 aromatic heterocycles. The summed E-state index contributed by atoms with van der Waals surface area (Å²) < 4.78 is 113. The molecule has 0 bridgehead atoms. The van der Waals surface area contributed by atoms with Crippen LogP contribution < -0.4 is 70.2 Å². The predicted octanol–water partition coefficient (Wildman–Crippen LogP) is 6.62. The maximum atomic E-state index is 13.7. The van der Waals surface area contributed by atoms with Gasteiger partial charge in [-0.3, -0.25) is 37.7 Å². The first-order valence-corrected chi connectivity index (χ1v) is 48.0. The molecule has 10 aromatic rings. The molecular formula is C76H126Cl3N27O23P4. The Labute approximate surface area is 787 Å². The number of anilines is 5. The average molecular weight is 2020 g/mol. The number of nitrogens with two attached hydrogens (primary N) is 8. The number of hydrogen-bond donors (Lipinski definition) is 14. The van der Waals surface area contributed by atoms with Crippen LogP contribution in [0.25, 0.3) is 44.7 Å². The molecule has 744 valence electrons. The fourth-order valence-corrected chi connectivity index (χ4v) is 15.0. The van der Waals surface area contributed by atoms with Crippen molar-refractivity contribution in [1.82, 2.24) is 93.3 Å². The van der Waals surface area contributed by atoms with E-state index in [1.54, 1.807) is 113 Å². The predicted molar refractivity (Wildman–Crippen MR) is 506 cm³/mol. The van der Waals surface area contributed by atoms with Gasteiger partial charge >= 0.3 is 52.6 Å². The number of nitrogen functional groups attached to an aromatic ring is 5. The van der Waals surface area contributed by atoms with Gasteiger partial charge in [0.05, 0.1) is 85.8 Å². The van der Waals surface area contributed by atoms with Crippen LogP contribution in [0.5, 0.6) is 11.5 Å². The van der Waals surface area contributed by atoms with Crippen LogP contribution in [0.2, 0.25) is 0 Å². The minimum absolute atomic E-state index is 0. The molecule has 2 unspecified atom stereocenters. The third-order valence-electron chi connectivity index (χ3n) is 16.4. The first-order chi connectivity index (χ1) is 61.6. The quantitative estimate of drug-likeness (QED) is 0.00825. The highest BCUT2D eigenvalue weighted by Crippen LogP contribution is 2.45. The third-order valence-corrected chi connectivity index (χ3v) is 21.9. The van der Waals surface area contributed by atoms with E-state index in [0.717, 1.165) is 38.5 Å². The molecule has 0 radical (unpaired) electrons. The Morgan fingerprint density at radius 3 is 1.08 bits per heavy atom. The first kappa shape index (κ1) is 121. The van der Waals surface area contributed by atoms with Crippen molar-refractivity contribution in [2.24, 2.45) is 17.2 Å². The number of esters is 5. The molecule has 57 heteroatoms. The average Bonchev–Trinajstić information content (AvgIpc) is 1.68. The van der Waals surface area contributed by atoms with E-state index < -0.39 is 91.0 Å². The van der Waals surface area contributed by atoms with Crippen LogP contribution >= 0.6 is 67.4 Å². The van der Waals surface area contributed by atoms with E-state index in [9.17, 15) is 47.1 Å². The molecule has 0 saturated carbocycles. The van der Waals surface area contributed by atoms with E-state index in [4.69, 9.17) is 97.9 Å². The maximum absolute atomic E-state index is 13.7. The molecular weight excluding hydrogens is 1890 g/mol. The highest BCUT2D eigenvalue weighted by Gasteiger charge is 2.34. The number of nitrogens with zero attached hydrogens (tertiary/aromatic N) is 16. The molecule has 22 N–H and O–H groups in total. The summed E-state index contributed by atoms with van der Waals surface area (Å²) in [5.74, 6) is -0.531. The van der Waals surface area contributed by atoms with E-state index in [0.29, 0.717) is 101 Å². The number of para-hydroxylation sites is 2. The smallest absolute Gasteiger partial charge is 0.402 e. The normalized spacial score (nSPS) is 13.0. The molecule has 0 saturated heterocycles. The van der Waals surface area contributed by atoms with Crippen LogP contribution in [-0.4, -0.2) is 245 Å². The summed E-state index contributed by atoms with van der Waals surface area (Å²) in [6.45, 7) is 20.9. The van der Waals surface area contributed by atoms with Crippen LogP contribution in [0, 0.1) is 0 Å². The molecule has 0 aliphatic rings. The number of ether oxygens (including phenoxy) is 9.